The second-order valence-corrected chi connectivity index (χ2v) is 9.74. The van der Waals surface area contributed by atoms with E-state index in [-0.39, 0.29) is 28.1 Å². The summed E-state index contributed by atoms with van der Waals surface area (Å²) in [6.45, 7) is 12.9. The first-order valence-corrected chi connectivity index (χ1v) is 11.4. The summed E-state index contributed by atoms with van der Waals surface area (Å²) in [5, 5.41) is 29.1. The molecule has 3 rings (SSSR count). The van der Waals surface area contributed by atoms with Crippen molar-refractivity contribution < 1.29 is 36.4 Å². The minimum absolute atomic E-state index is 0.000463. The molecule has 0 bridgehead atoms. The normalized spacial score (nSPS) is 11.2. The van der Waals surface area contributed by atoms with Crippen molar-refractivity contribution in [2.45, 2.75) is 58.9 Å². The van der Waals surface area contributed by atoms with Gasteiger partial charge in [-0.1, -0.05) is 65.8 Å². The molecule has 0 aliphatic rings. The third kappa shape index (κ3) is 9.12. The summed E-state index contributed by atoms with van der Waals surface area (Å²) in [5.41, 5.74) is 3.24. The van der Waals surface area contributed by atoms with Crippen molar-refractivity contribution >= 4 is 6.21 Å². The number of pyridine rings is 1. The van der Waals surface area contributed by atoms with E-state index in [0.29, 0.717) is 6.54 Å². The van der Waals surface area contributed by atoms with Crippen LogP contribution in [0, 0.1) is 0 Å². The molecule has 34 heavy (non-hydrogen) atoms. The number of rotatable bonds is 3. The Bertz CT molecular complexity index is 1070. The number of nitrogens with zero attached hydrogens (tertiary/aromatic N) is 2. The van der Waals surface area contributed by atoms with Crippen molar-refractivity contribution in [3.05, 3.63) is 83.2 Å². The molecule has 0 fully saturated rings. The molecule has 0 aliphatic heterocycles. The van der Waals surface area contributed by atoms with Crippen LogP contribution in [0.3, 0.4) is 0 Å². The second-order valence-electron chi connectivity index (χ2n) is 9.74. The molecule has 0 spiro atoms. The van der Waals surface area contributed by atoms with Gasteiger partial charge < -0.3 is 15.3 Å². The Morgan fingerprint density at radius 2 is 1.47 bits per heavy atom. The van der Waals surface area contributed by atoms with Gasteiger partial charge in [-0.2, -0.15) is 0 Å². The summed E-state index contributed by atoms with van der Waals surface area (Å²) in [6, 6.07) is 16.4. The summed E-state index contributed by atoms with van der Waals surface area (Å²) in [5.74, 6) is 0.213. The van der Waals surface area contributed by atoms with Crippen LogP contribution in [0.4, 0.5) is 0 Å². The van der Waals surface area contributed by atoms with E-state index < -0.39 is 0 Å². The molecule has 0 saturated heterocycles. The number of phenols is 3. The van der Waals surface area contributed by atoms with Crippen LogP contribution in [-0.4, -0.2) is 26.5 Å². The van der Waals surface area contributed by atoms with Crippen LogP contribution in [0.25, 0.3) is 0 Å². The Morgan fingerprint density at radius 3 is 2.00 bits per heavy atom. The number of aliphatic imine (C=N–C) groups is 1. The number of benzene rings is 2. The Hall–Kier alpha value is -2.96. The third-order valence-electron chi connectivity index (χ3n) is 4.91. The molecule has 1 heterocycles. The van der Waals surface area contributed by atoms with E-state index in [4.69, 9.17) is 3.67 Å². The van der Waals surface area contributed by atoms with E-state index >= 15 is 0 Å². The third-order valence-corrected chi connectivity index (χ3v) is 4.91. The number of hydrogen-bond acceptors (Lipinski definition) is 6. The number of phenolic OH excluding ortho intramolecular Hbond substituents is 3. The van der Waals surface area contributed by atoms with Crippen LogP contribution in [0.2, 0.25) is 0 Å². The summed E-state index contributed by atoms with van der Waals surface area (Å²) >= 11 is 1.06. The monoisotopic (exact) mass is 501 g/mol. The van der Waals surface area contributed by atoms with E-state index in [1.807, 2.05) is 57.2 Å². The van der Waals surface area contributed by atoms with Gasteiger partial charge in [-0.15, -0.1) is 0 Å². The molecule has 0 amide bonds. The van der Waals surface area contributed by atoms with E-state index in [0.717, 1.165) is 39.8 Å². The molecule has 7 heteroatoms. The van der Waals surface area contributed by atoms with Crippen molar-refractivity contribution in [1.82, 2.24) is 4.98 Å². The van der Waals surface area contributed by atoms with Gasteiger partial charge in [0, 0.05) is 23.5 Å². The quantitative estimate of drug-likeness (QED) is 0.303. The first-order chi connectivity index (χ1) is 15.9. The van der Waals surface area contributed by atoms with Crippen molar-refractivity contribution in [3.63, 3.8) is 0 Å². The standard InChI is InChI=1S/C14H22O2.C13H12N2O.O.V/c1-13(2,3)9-7-10(14(4,5)6)12(16)11(15)8-9;16-13-7-2-1-5-11(13)9-14-10-12-6-3-4-8-15-12;;/h7-8,15-16H,1-6H3;1-9,16H,10H2;;. The fourth-order valence-corrected chi connectivity index (χ4v) is 2.95. The van der Waals surface area contributed by atoms with E-state index in [1.54, 1.807) is 30.6 Å². The van der Waals surface area contributed by atoms with Crippen molar-refractivity contribution in [2.75, 3.05) is 0 Å². The molecule has 3 N–H and O–H groups in total. The fourth-order valence-electron chi connectivity index (χ4n) is 2.95. The van der Waals surface area contributed by atoms with Gasteiger partial charge in [0.15, 0.2) is 11.5 Å². The predicted molar refractivity (Wildman–Crippen MR) is 131 cm³/mol. The topological polar surface area (TPSA) is 103 Å². The Labute approximate surface area is 211 Å². The molecular formula is C27H34N2O4V. The van der Waals surface area contributed by atoms with Crippen LogP contribution < -0.4 is 0 Å². The zero-order chi connectivity index (χ0) is 25.9. The van der Waals surface area contributed by atoms with Crippen LogP contribution in [0.1, 0.15) is 63.9 Å². The zero-order valence-corrected chi connectivity index (χ0v) is 22.0. The van der Waals surface area contributed by atoms with Gasteiger partial charge in [0.2, 0.25) is 0 Å². The summed E-state index contributed by atoms with van der Waals surface area (Å²) in [6.07, 6.45) is 3.40. The molecule has 0 unspecified atom stereocenters. The van der Waals surface area contributed by atoms with Crippen LogP contribution in [0.5, 0.6) is 17.2 Å². The molecule has 0 radical (unpaired) electrons. The number of aromatic nitrogens is 1. The number of para-hydroxylation sites is 1. The average molecular weight is 502 g/mol. The fraction of sp³-hybridized carbons (Fsp3) is 0.333. The van der Waals surface area contributed by atoms with Gasteiger partial charge in [-0.05, 0) is 46.7 Å². The van der Waals surface area contributed by atoms with Gasteiger partial charge >= 0.3 is 21.0 Å². The van der Waals surface area contributed by atoms with Crippen molar-refractivity contribution in [3.8, 4) is 17.2 Å². The molecule has 0 aliphatic carbocycles. The van der Waals surface area contributed by atoms with Crippen molar-refractivity contribution in [2.24, 2.45) is 4.99 Å². The molecule has 6 nitrogen and oxygen atoms in total. The molecule has 2 aromatic carbocycles. The number of hydrogen-bond donors (Lipinski definition) is 3. The SMILES string of the molecule is CC(C)(C)c1cc(O)c(O)c(C(C)(C)C)c1.Oc1ccccc1C=NCc1ccccn1.[O]=[V]. The Morgan fingerprint density at radius 1 is 0.853 bits per heavy atom. The van der Waals surface area contributed by atoms with Crippen LogP contribution in [-0.2, 0) is 38.4 Å². The molecule has 0 saturated carbocycles. The first-order valence-electron chi connectivity index (χ1n) is 10.8. The molecular weight excluding hydrogens is 467 g/mol. The number of aromatic hydroxyl groups is 3. The zero-order valence-electron chi connectivity index (χ0n) is 20.6. The van der Waals surface area contributed by atoms with Crippen LogP contribution in [0.15, 0.2) is 65.8 Å². The minimum atomic E-state index is -0.178. The van der Waals surface area contributed by atoms with Gasteiger partial charge in [-0.3, -0.25) is 9.98 Å². The maximum atomic E-state index is 9.87. The van der Waals surface area contributed by atoms with E-state index in [9.17, 15) is 15.3 Å². The average Bonchev–Trinajstić information content (AvgIpc) is 2.78. The van der Waals surface area contributed by atoms with Gasteiger partial charge in [0.1, 0.15) is 5.75 Å². The van der Waals surface area contributed by atoms with Gasteiger partial charge in [-0.25, -0.2) is 0 Å². The second kappa shape index (κ2) is 13.1. The van der Waals surface area contributed by atoms with Gasteiger partial charge in [0.05, 0.1) is 12.2 Å². The maximum absolute atomic E-state index is 9.87. The first kappa shape index (κ1) is 29.1. The summed E-state index contributed by atoms with van der Waals surface area (Å²) < 4.78 is 8.19. The van der Waals surface area contributed by atoms with E-state index in [1.165, 1.54) is 0 Å². The van der Waals surface area contributed by atoms with Crippen molar-refractivity contribution in [1.29, 1.82) is 0 Å². The summed E-state index contributed by atoms with van der Waals surface area (Å²) in [4.78, 5) is 8.38. The molecule has 3 aromatic rings. The molecule has 181 valence electrons. The van der Waals surface area contributed by atoms with E-state index in [2.05, 4.69) is 30.7 Å². The van der Waals surface area contributed by atoms with Gasteiger partial charge in [0.25, 0.3) is 0 Å². The Kier molecular flexibility index (Phi) is 11.2. The summed E-state index contributed by atoms with van der Waals surface area (Å²) in [7, 11) is 0. The predicted octanol–water partition coefficient (Wildman–Crippen LogP) is 5.98. The molecule has 0 atom stereocenters. The van der Waals surface area contributed by atoms with Crippen LogP contribution >= 0.6 is 0 Å². The molecule has 1 aromatic heterocycles. The Balaban J connectivity index is 0.000000317.